The summed E-state index contributed by atoms with van der Waals surface area (Å²) in [5.41, 5.74) is 0. The second kappa shape index (κ2) is 43.2. The Morgan fingerprint density at radius 1 is 0.464 bits per heavy atom. The fraction of sp³-hybridized carbons (Fsp3) is 0.945. The molecule has 2 aliphatic rings. The van der Waals surface area contributed by atoms with Crippen LogP contribution in [-0.4, -0.2) is 142 Å². The lowest BCUT2D eigenvalue weighted by atomic mass is 9.98. The smallest absolute Gasteiger partial charge is 0.306 e. The molecule has 0 bridgehead atoms. The minimum Gasteiger partial charge on any atom is -0.457 e. The van der Waals surface area contributed by atoms with Gasteiger partial charge in [0.15, 0.2) is 12.6 Å². The quantitative estimate of drug-likeness (QED) is 0.0172. The molecule has 2 aliphatic heterocycles. The Bertz CT molecular complexity index is 1190. The highest BCUT2D eigenvalue weighted by molar-refractivity contribution is 5.69. The van der Waals surface area contributed by atoms with E-state index in [1.165, 1.54) is 167 Å². The number of allylic oxidation sites excluding steroid dienone is 2. The van der Waals surface area contributed by atoms with E-state index in [9.17, 15) is 40.5 Å². The molecule has 14 nitrogen and oxygen atoms in total. The summed E-state index contributed by atoms with van der Waals surface area (Å²) in [5, 5.41) is 72.2. The predicted octanol–water partition coefficient (Wildman–Crippen LogP) is 9.41. The molecule has 0 saturated carbocycles. The summed E-state index contributed by atoms with van der Waals surface area (Å²) < 4.78 is 34.3. The predicted molar refractivity (Wildman–Crippen MR) is 271 cm³/mol. The van der Waals surface area contributed by atoms with Crippen LogP contribution in [0.1, 0.15) is 232 Å². The molecule has 0 aromatic heterocycles. The van der Waals surface area contributed by atoms with E-state index in [0.717, 1.165) is 38.5 Å². The second-order valence-corrected chi connectivity index (χ2v) is 20.1. The number of aliphatic hydroxyl groups excluding tert-OH is 7. The lowest BCUT2D eigenvalue weighted by Crippen LogP contribution is -2.61. The van der Waals surface area contributed by atoms with Crippen LogP contribution < -0.4 is 0 Å². The van der Waals surface area contributed by atoms with Gasteiger partial charge in [0.1, 0.15) is 54.9 Å². The number of hydrogen-bond acceptors (Lipinski definition) is 14. The third-order valence-electron chi connectivity index (χ3n) is 13.8. The average molecular weight is 989 g/mol. The van der Waals surface area contributed by atoms with Gasteiger partial charge in [-0.3, -0.25) is 4.79 Å². The summed E-state index contributed by atoms with van der Waals surface area (Å²) >= 11 is 0. The van der Waals surface area contributed by atoms with Crippen LogP contribution >= 0.6 is 0 Å². The van der Waals surface area contributed by atoms with E-state index in [1.54, 1.807) is 0 Å². The third-order valence-corrected chi connectivity index (χ3v) is 13.8. The summed E-state index contributed by atoms with van der Waals surface area (Å²) in [6, 6.07) is 0. The van der Waals surface area contributed by atoms with E-state index in [1.807, 2.05) is 0 Å². The van der Waals surface area contributed by atoms with Gasteiger partial charge in [-0.25, -0.2) is 0 Å². The number of aliphatic hydroxyl groups is 7. The molecule has 11 atom stereocenters. The summed E-state index contributed by atoms with van der Waals surface area (Å²) in [7, 11) is 0. The lowest BCUT2D eigenvalue weighted by Gasteiger charge is -2.42. The van der Waals surface area contributed by atoms with Gasteiger partial charge in [-0.05, 0) is 38.5 Å². The fourth-order valence-electron chi connectivity index (χ4n) is 9.16. The molecule has 2 fully saturated rings. The maximum atomic E-state index is 13.0. The van der Waals surface area contributed by atoms with Crippen molar-refractivity contribution in [1.82, 2.24) is 0 Å². The third kappa shape index (κ3) is 30.5. The molecule has 0 aromatic carbocycles. The van der Waals surface area contributed by atoms with Crippen molar-refractivity contribution in [2.24, 2.45) is 0 Å². The van der Waals surface area contributed by atoms with Gasteiger partial charge in [0.2, 0.25) is 0 Å². The normalized spacial score (nSPS) is 25.7. The summed E-state index contributed by atoms with van der Waals surface area (Å²) in [4.78, 5) is 13.0. The molecule has 408 valence electrons. The monoisotopic (exact) mass is 989 g/mol. The molecule has 0 radical (unpaired) electrons. The highest BCUT2D eigenvalue weighted by Crippen LogP contribution is 2.27. The first-order valence-electron chi connectivity index (χ1n) is 28.3. The van der Waals surface area contributed by atoms with Crippen molar-refractivity contribution in [3.8, 4) is 0 Å². The fourth-order valence-corrected chi connectivity index (χ4v) is 9.16. The zero-order chi connectivity index (χ0) is 50.2. The number of carbonyl (C=O) groups excluding carboxylic acids is 1. The van der Waals surface area contributed by atoms with E-state index >= 15 is 0 Å². The Labute approximate surface area is 418 Å². The minimum atomic E-state index is -1.70. The van der Waals surface area contributed by atoms with Crippen LogP contribution in [0.2, 0.25) is 0 Å². The molecule has 11 unspecified atom stereocenters. The highest BCUT2D eigenvalue weighted by Gasteiger charge is 2.47. The molecule has 0 aliphatic carbocycles. The Morgan fingerprint density at radius 3 is 1.32 bits per heavy atom. The van der Waals surface area contributed by atoms with Crippen molar-refractivity contribution in [3.63, 3.8) is 0 Å². The molecular weight excluding hydrogens is 885 g/mol. The van der Waals surface area contributed by atoms with Crippen LogP contribution in [0, 0.1) is 0 Å². The van der Waals surface area contributed by atoms with Crippen molar-refractivity contribution in [1.29, 1.82) is 0 Å². The van der Waals surface area contributed by atoms with E-state index in [4.69, 9.17) is 28.4 Å². The minimum absolute atomic E-state index is 0.0672. The summed E-state index contributed by atoms with van der Waals surface area (Å²) in [5.74, 6) is -0.373. The van der Waals surface area contributed by atoms with Crippen LogP contribution in [0.5, 0.6) is 0 Å². The van der Waals surface area contributed by atoms with E-state index in [0.29, 0.717) is 13.0 Å². The number of ether oxygens (including phenoxy) is 6. The summed E-state index contributed by atoms with van der Waals surface area (Å²) in [6.07, 6.45) is 30.0. The van der Waals surface area contributed by atoms with E-state index < -0.39 is 80.7 Å². The Balaban J connectivity index is 1.67. The van der Waals surface area contributed by atoms with Crippen molar-refractivity contribution < 1.29 is 69.0 Å². The summed E-state index contributed by atoms with van der Waals surface area (Å²) in [6.45, 7) is 3.72. The van der Waals surface area contributed by atoms with Crippen LogP contribution in [-0.2, 0) is 33.2 Å². The highest BCUT2D eigenvalue weighted by atomic mass is 16.7. The van der Waals surface area contributed by atoms with Crippen LogP contribution in [0.15, 0.2) is 12.2 Å². The van der Waals surface area contributed by atoms with E-state index in [-0.39, 0.29) is 25.6 Å². The van der Waals surface area contributed by atoms with Gasteiger partial charge >= 0.3 is 5.97 Å². The number of rotatable bonds is 46. The number of carbonyl (C=O) groups is 1. The number of hydrogen-bond donors (Lipinski definition) is 7. The molecule has 0 amide bonds. The lowest BCUT2D eigenvalue weighted by molar-refractivity contribution is -0.332. The zero-order valence-electron chi connectivity index (χ0n) is 43.6. The van der Waals surface area contributed by atoms with Crippen LogP contribution in [0.4, 0.5) is 0 Å². The first-order chi connectivity index (χ1) is 33.6. The number of unbranched alkanes of at least 4 members (excludes halogenated alkanes) is 30. The van der Waals surface area contributed by atoms with Gasteiger partial charge in [0, 0.05) is 13.0 Å². The molecule has 2 saturated heterocycles. The molecule has 69 heavy (non-hydrogen) atoms. The van der Waals surface area contributed by atoms with Gasteiger partial charge in [0.05, 0.1) is 26.4 Å². The molecule has 14 heteroatoms. The topological polar surface area (TPSA) is 214 Å². The first-order valence-corrected chi connectivity index (χ1v) is 28.3. The zero-order valence-corrected chi connectivity index (χ0v) is 43.6. The Hall–Kier alpha value is -1.27. The standard InChI is InChI=1S/C55H104O14/c1-3-5-7-9-11-13-15-16-17-18-19-20-21-22-23-24-25-26-27-29-31-33-35-37-39-64-41-44(67-47(57)38-36-34-32-30-28-14-12-10-8-6-4-2)42-65-54-53(63)51(61)49(59)46(69-54)43-66-55-52(62)50(60)48(58)45(40-56)68-55/h18-19,44-46,48-56,58-63H,3-17,20-43H2,1-2H3/b19-18-. The first kappa shape index (κ1) is 63.8. The van der Waals surface area contributed by atoms with Gasteiger partial charge in [-0.1, -0.05) is 199 Å². The molecule has 2 rings (SSSR count). The van der Waals surface area contributed by atoms with Crippen molar-refractivity contribution in [3.05, 3.63) is 12.2 Å². The molecule has 0 spiro atoms. The van der Waals surface area contributed by atoms with Crippen molar-refractivity contribution in [2.75, 3.05) is 33.0 Å². The maximum Gasteiger partial charge on any atom is 0.306 e. The Morgan fingerprint density at radius 2 is 0.855 bits per heavy atom. The molecular formula is C55H104O14. The van der Waals surface area contributed by atoms with Crippen LogP contribution in [0.25, 0.3) is 0 Å². The van der Waals surface area contributed by atoms with E-state index in [2.05, 4.69) is 26.0 Å². The van der Waals surface area contributed by atoms with Gasteiger partial charge < -0.3 is 64.2 Å². The van der Waals surface area contributed by atoms with Gasteiger partial charge in [-0.2, -0.15) is 0 Å². The van der Waals surface area contributed by atoms with Gasteiger partial charge in [0.25, 0.3) is 0 Å². The SMILES string of the molecule is CCCCCCCCCC/C=C\CCCCCCCCCCCCCCOCC(COC1OC(COC2OC(CO)C(O)C(O)C2O)C(O)C(O)C1O)OC(=O)CCCCCCCCCCCCC. The molecule has 7 N–H and O–H groups in total. The maximum absolute atomic E-state index is 13.0. The largest absolute Gasteiger partial charge is 0.457 e. The second-order valence-electron chi connectivity index (χ2n) is 20.1. The van der Waals surface area contributed by atoms with Crippen molar-refractivity contribution >= 4 is 5.97 Å². The molecule has 0 aromatic rings. The number of esters is 1. The Kier molecular flexibility index (Phi) is 39.9. The van der Waals surface area contributed by atoms with Crippen molar-refractivity contribution in [2.45, 2.75) is 300 Å². The van der Waals surface area contributed by atoms with Crippen LogP contribution in [0.3, 0.4) is 0 Å². The van der Waals surface area contributed by atoms with Gasteiger partial charge in [-0.15, -0.1) is 0 Å². The average Bonchev–Trinajstić information content (AvgIpc) is 3.35. The molecule has 2 heterocycles.